The van der Waals surface area contributed by atoms with Gasteiger partial charge >= 0.3 is 0 Å². The summed E-state index contributed by atoms with van der Waals surface area (Å²) >= 11 is 11.9. The van der Waals surface area contributed by atoms with Crippen LogP contribution in [0.25, 0.3) is 10.9 Å². The fourth-order valence-electron chi connectivity index (χ4n) is 1.29. The Morgan fingerprint density at radius 3 is 2.60 bits per heavy atom. The van der Waals surface area contributed by atoms with Gasteiger partial charge in [-0.2, -0.15) is 0 Å². The molecule has 3 nitrogen and oxygen atoms in total. The van der Waals surface area contributed by atoms with Crippen molar-refractivity contribution < 1.29 is 0 Å². The molecule has 1 aromatic carbocycles. The highest BCUT2D eigenvalue weighted by atomic mass is 35.5. The predicted octanol–water partition coefficient (Wildman–Crippen LogP) is 3.25. The van der Waals surface area contributed by atoms with E-state index in [-0.39, 0.29) is 12.4 Å². The van der Waals surface area contributed by atoms with Crippen LogP contribution >= 0.6 is 35.6 Å². The Balaban J connectivity index is 0.00000112. The van der Waals surface area contributed by atoms with E-state index in [1.54, 1.807) is 18.3 Å². The van der Waals surface area contributed by atoms with E-state index < -0.39 is 0 Å². The number of hydrazine groups is 1. The van der Waals surface area contributed by atoms with Crippen LogP contribution in [0.15, 0.2) is 24.4 Å². The molecule has 1 aromatic heterocycles. The van der Waals surface area contributed by atoms with E-state index in [1.807, 2.05) is 6.07 Å². The van der Waals surface area contributed by atoms with Crippen molar-refractivity contribution in [3.8, 4) is 0 Å². The summed E-state index contributed by atoms with van der Waals surface area (Å²) in [4.78, 5) is 4.14. The number of halogens is 3. The number of nitrogens with zero attached hydrogens (tertiary/aromatic N) is 1. The van der Waals surface area contributed by atoms with Crippen LogP contribution in [0.1, 0.15) is 0 Å². The molecule has 0 fully saturated rings. The van der Waals surface area contributed by atoms with Crippen LogP contribution in [0.2, 0.25) is 10.0 Å². The van der Waals surface area contributed by atoms with Gasteiger partial charge in [-0.1, -0.05) is 23.2 Å². The number of aromatic nitrogens is 1. The maximum Gasteiger partial charge on any atom is 0.0924 e. The van der Waals surface area contributed by atoms with Crippen molar-refractivity contribution in [2.24, 2.45) is 5.84 Å². The van der Waals surface area contributed by atoms with Gasteiger partial charge in [0.05, 0.1) is 21.2 Å². The molecule has 80 valence electrons. The van der Waals surface area contributed by atoms with Crippen molar-refractivity contribution in [1.82, 2.24) is 4.98 Å². The number of pyridine rings is 1. The van der Waals surface area contributed by atoms with Crippen LogP contribution in [0.3, 0.4) is 0 Å². The molecule has 0 aliphatic rings. The molecule has 0 aliphatic carbocycles. The van der Waals surface area contributed by atoms with Crippen LogP contribution in [0.4, 0.5) is 5.69 Å². The fourth-order valence-corrected chi connectivity index (χ4v) is 1.65. The molecule has 1 heterocycles. The van der Waals surface area contributed by atoms with Crippen LogP contribution in [0.5, 0.6) is 0 Å². The SMILES string of the molecule is Cl.NNc1ccnc2c(Cl)c(Cl)ccc12. The number of hydrogen-bond acceptors (Lipinski definition) is 3. The Hall–Kier alpha value is -0.740. The third-order valence-corrected chi connectivity index (χ3v) is 2.75. The van der Waals surface area contributed by atoms with Crippen molar-refractivity contribution in [3.63, 3.8) is 0 Å². The Kier molecular flexibility index (Phi) is 3.99. The first-order valence-electron chi connectivity index (χ1n) is 3.93. The van der Waals surface area contributed by atoms with Crippen molar-refractivity contribution in [2.75, 3.05) is 5.43 Å². The summed E-state index contributed by atoms with van der Waals surface area (Å²) in [5, 5.41) is 1.78. The van der Waals surface area contributed by atoms with Crippen LogP contribution in [-0.2, 0) is 0 Å². The van der Waals surface area contributed by atoms with Crippen LogP contribution in [0, 0.1) is 0 Å². The van der Waals surface area contributed by atoms with Gasteiger partial charge in [0, 0.05) is 11.6 Å². The molecule has 0 radical (unpaired) electrons. The summed E-state index contributed by atoms with van der Waals surface area (Å²) in [6.45, 7) is 0. The average Bonchev–Trinajstić information content (AvgIpc) is 2.23. The molecule has 0 spiro atoms. The highest BCUT2D eigenvalue weighted by molar-refractivity contribution is 6.45. The van der Waals surface area contributed by atoms with Crippen LogP contribution < -0.4 is 11.3 Å². The number of benzene rings is 1. The molecule has 6 heteroatoms. The van der Waals surface area contributed by atoms with E-state index in [1.165, 1.54) is 0 Å². The van der Waals surface area contributed by atoms with E-state index in [0.717, 1.165) is 11.1 Å². The summed E-state index contributed by atoms with van der Waals surface area (Å²) in [6, 6.07) is 5.31. The van der Waals surface area contributed by atoms with Gasteiger partial charge in [0.2, 0.25) is 0 Å². The lowest BCUT2D eigenvalue weighted by Gasteiger charge is -2.06. The summed E-state index contributed by atoms with van der Waals surface area (Å²) in [6.07, 6.45) is 1.62. The van der Waals surface area contributed by atoms with Crippen LogP contribution in [-0.4, -0.2) is 4.98 Å². The second kappa shape index (κ2) is 4.86. The molecule has 0 saturated heterocycles. The molecule has 0 saturated carbocycles. The molecule has 0 atom stereocenters. The largest absolute Gasteiger partial charge is 0.323 e. The monoisotopic (exact) mass is 263 g/mol. The van der Waals surface area contributed by atoms with E-state index >= 15 is 0 Å². The van der Waals surface area contributed by atoms with Gasteiger partial charge in [0.15, 0.2) is 0 Å². The highest BCUT2D eigenvalue weighted by Crippen LogP contribution is 2.32. The number of nitrogen functional groups attached to an aromatic ring is 1. The summed E-state index contributed by atoms with van der Waals surface area (Å²) < 4.78 is 0. The second-order valence-electron chi connectivity index (χ2n) is 2.76. The molecule has 0 aliphatic heterocycles. The minimum Gasteiger partial charge on any atom is -0.323 e. The Morgan fingerprint density at radius 2 is 1.93 bits per heavy atom. The number of nitrogens with one attached hydrogen (secondary N) is 1. The lowest BCUT2D eigenvalue weighted by atomic mass is 10.2. The van der Waals surface area contributed by atoms with E-state index in [4.69, 9.17) is 29.0 Å². The maximum absolute atomic E-state index is 5.99. The molecule has 2 aromatic rings. The molecule has 3 N–H and O–H groups in total. The Bertz CT molecular complexity index is 487. The first-order valence-corrected chi connectivity index (χ1v) is 4.69. The van der Waals surface area contributed by atoms with Gasteiger partial charge in [-0.15, -0.1) is 12.4 Å². The number of rotatable bonds is 1. The quantitative estimate of drug-likeness (QED) is 0.614. The minimum atomic E-state index is 0. The first-order chi connectivity index (χ1) is 6.74. The van der Waals surface area contributed by atoms with Gasteiger partial charge in [0.25, 0.3) is 0 Å². The third kappa shape index (κ3) is 2.11. The maximum atomic E-state index is 5.99. The van der Waals surface area contributed by atoms with Crippen molar-refractivity contribution in [2.45, 2.75) is 0 Å². The number of anilines is 1. The zero-order valence-electron chi connectivity index (χ0n) is 7.50. The van der Waals surface area contributed by atoms with E-state index in [9.17, 15) is 0 Å². The normalized spacial score (nSPS) is 9.80. The standard InChI is InChI=1S/C9H7Cl2N3.ClH/c10-6-2-1-5-7(14-12)3-4-13-9(5)8(6)11;/h1-4H,12H2,(H,13,14);1H. The zero-order chi connectivity index (χ0) is 10.1. The zero-order valence-corrected chi connectivity index (χ0v) is 9.83. The van der Waals surface area contributed by atoms with Crippen molar-refractivity contribution in [3.05, 3.63) is 34.4 Å². The third-order valence-electron chi connectivity index (χ3n) is 1.96. The van der Waals surface area contributed by atoms with Gasteiger partial charge in [-0.3, -0.25) is 10.8 Å². The van der Waals surface area contributed by atoms with Gasteiger partial charge in [-0.05, 0) is 18.2 Å². The van der Waals surface area contributed by atoms with Gasteiger partial charge in [-0.25, -0.2) is 0 Å². The molecular formula is C9H8Cl3N3. The van der Waals surface area contributed by atoms with Gasteiger partial charge < -0.3 is 5.43 Å². The number of nitrogens with two attached hydrogens (primary N) is 1. The average molecular weight is 265 g/mol. The summed E-state index contributed by atoms with van der Waals surface area (Å²) in [5.74, 6) is 5.35. The lowest BCUT2D eigenvalue weighted by Crippen LogP contribution is -2.07. The molecule has 15 heavy (non-hydrogen) atoms. The number of hydrogen-bond donors (Lipinski definition) is 2. The minimum absolute atomic E-state index is 0. The predicted molar refractivity (Wildman–Crippen MR) is 66.8 cm³/mol. The fraction of sp³-hybridized carbons (Fsp3) is 0. The van der Waals surface area contributed by atoms with Crippen molar-refractivity contribution in [1.29, 1.82) is 0 Å². The lowest BCUT2D eigenvalue weighted by molar-refractivity contribution is 1.33. The summed E-state index contributed by atoms with van der Waals surface area (Å²) in [5.41, 5.74) is 3.99. The molecule has 0 unspecified atom stereocenters. The highest BCUT2D eigenvalue weighted by Gasteiger charge is 2.07. The summed E-state index contributed by atoms with van der Waals surface area (Å²) in [7, 11) is 0. The van der Waals surface area contributed by atoms with E-state index in [0.29, 0.717) is 15.6 Å². The molecule has 0 amide bonds. The van der Waals surface area contributed by atoms with Crippen molar-refractivity contribution >= 4 is 52.2 Å². The molecule has 0 bridgehead atoms. The second-order valence-corrected chi connectivity index (χ2v) is 3.55. The van der Waals surface area contributed by atoms with E-state index in [2.05, 4.69) is 10.4 Å². The molecular weight excluding hydrogens is 256 g/mol. The smallest absolute Gasteiger partial charge is 0.0924 e. The Labute approximate surface area is 103 Å². The Morgan fingerprint density at radius 1 is 1.20 bits per heavy atom. The first kappa shape index (κ1) is 12.3. The topological polar surface area (TPSA) is 50.9 Å². The molecule has 2 rings (SSSR count). The van der Waals surface area contributed by atoms with Gasteiger partial charge in [0.1, 0.15) is 0 Å². The number of fused-ring (bicyclic) bond motifs is 1.